The zero-order chi connectivity index (χ0) is 20.5. The topological polar surface area (TPSA) is 117 Å². The van der Waals surface area contributed by atoms with Crippen molar-refractivity contribution < 1.29 is 9.53 Å². The number of ether oxygens (including phenoxy) is 1. The van der Waals surface area contributed by atoms with Gasteiger partial charge in [0.25, 0.3) is 0 Å². The molecule has 9 nitrogen and oxygen atoms in total. The number of rotatable bonds is 5. The van der Waals surface area contributed by atoms with Gasteiger partial charge in [-0.2, -0.15) is 10.1 Å². The quantitative estimate of drug-likeness (QED) is 0.373. The van der Waals surface area contributed by atoms with Crippen LogP contribution in [0, 0.1) is 0 Å². The van der Waals surface area contributed by atoms with Crippen molar-refractivity contribution in [2.45, 2.75) is 6.92 Å². The molecular formula is C21H19N7O2. The Balaban J connectivity index is 1.45. The van der Waals surface area contributed by atoms with Crippen molar-refractivity contribution in [2.75, 3.05) is 29.1 Å². The summed E-state index contributed by atoms with van der Waals surface area (Å²) in [6, 6.07) is 11.5. The largest absolute Gasteiger partial charge is 0.490 e. The van der Waals surface area contributed by atoms with Gasteiger partial charge in [-0.1, -0.05) is 0 Å². The number of nitrogens with zero attached hydrogens (tertiary/aromatic N) is 3. The molecule has 0 spiro atoms. The van der Waals surface area contributed by atoms with E-state index in [4.69, 9.17) is 4.74 Å². The summed E-state index contributed by atoms with van der Waals surface area (Å²) >= 11 is 0. The molecule has 0 unspecified atom stereocenters. The maximum Gasteiger partial charge on any atom is 0.229 e. The van der Waals surface area contributed by atoms with Crippen molar-refractivity contribution in [1.29, 1.82) is 0 Å². The maximum absolute atomic E-state index is 12.1. The Morgan fingerprint density at radius 2 is 1.97 bits per heavy atom. The smallest absolute Gasteiger partial charge is 0.229 e. The van der Waals surface area contributed by atoms with E-state index in [2.05, 4.69) is 36.1 Å². The van der Waals surface area contributed by atoms with E-state index in [0.717, 1.165) is 40.3 Å². The molecule has 30 heavy (non-hydrogen) atoms. The van der Waals surface area contributed by atoms with Crippen LogP contribution in [0.3, 0.4) is 0 Å². The molecule has 4 aromatic rings. The van der Waals surface area contributed by atoms with Crippen molar-refractivity contribution in [3.63, 3.8) is 0 Å². The van der Waals surface area contributed by atoms with E-state index >= 15 is 0 Å². The average molecular weight is 401 g/mol. The van der Waals surface area contributed by atoms with Gasteiger partial charge in [0.05, 0.1) is 23.0 Å². The van der Waals surface area contributed by atoms with Gasteiger partial charge in [0.15, 0.2) is 5.78 Å². The minimum absolute atomic E-state index is 0.122. The Bertz CT molecular complexity index is 1250. The molecule has 0 amide bonds. The van der Waals surface area contributed by atoms with Crippen molar-refractivity contribution in [1.82, 2.24) is 20.2 Å². The number of H-pyrrole nitrogens is 1. The molecule has 0 fully saturated rings. The van der Waals surface area contributed by atoms with E-state index in [9.17, 15) is 4.79 Å². The molecule has 9 heteroatoms. The summed E-state index contributed by atoms with van der Waals surface area (Å²) in [7, 11) is 0. The first-order valence-electron chi connectivity index (χ1n) is 9.51. The molecule has 2 aromatic carbocycles. The van der Waals surface area contributed by atoms with Crippen LogP contribution >= 0.6 is 0 Å². The average Bonchev–Trinajstić information content (AvgIpc) is 3.21. The lowest BCUT2D eigenvalue weighted by molar-refractivity contribution is 0.101. The van der Waals surface area contributed by atoms with Crippen LogP contribution in [0.2, 0.25) is 0 Å². The summed E-state index contributed by atoms with van der Waals surface area (Å²) in [4.78, 5) is 20.9. The van der Waals surface area contributed by atoms with E-state index in [1.54, 1.807) is 6.20 Å². The Morgan fingerprint density at radius 3 is 2.87 bits per heavy atom. The number of aromatic amines is 1. The molecule has 0 bridgehead atoms. The lowest BCUT2D eigenvalue weighted by Crippen LogP contribution is -2.18. The van der Waals surface area contributed by atoms with Crippen LogP contribution in [0.5, 0.6) is 5.75 Å². The first-order chi connectivity index (χ1) is 14.7. The van der Waals surface area contributed by atoms with Gasteiger partial charge in [0, 0.05) is 29.5 Å². The van der Waals surface area contributed by atoms with Crippen LogP contribution in [-0.4, -0.2) is 39.1 Å². The van der Waals surface area contributed by atoms with E-state index in [1.165, 1.54) is 13.1 Å². The van der Waals surface area contributed by atoms with E-state index in [1.807, 2.05) is 36.4 Å². The minimum Gasteiger partial charge on any atom is -0.490 e. The SMILES string of the molecule is CC(=O)c1cnc(Nc2ccc3[nH]ncc3c2)nc1Nc1ccc2c(c1)NCCO2. The molecule has 0 atom stereocenters. The molecule has 1 aliphatic heterocycles. The normalized spacial score (nSPS) is 12.6. The number of ketones is 1. The van der Waals surface area contributed by atoms with Crippen LogP contribution in [0.15, 0.2) is 48.8 Å². The van der Waals surface area contributed by atoms with Crippen LogP contribution in [0.1, 0.15) is 17.3 Å². The number of nitrogens with one attached hydrogen (secondary N) is 4. The molecule has 0 radical (unpaired) electrons. The first-order valence-corrected chi connectivity index (χ1v) is 9.51. The van der Waals surface area contributed by atoms with Gasteiger partial charge >= 0.3 is 0 Å². The van der Waals surface area contributed by atoms with E-state index < -0.39 is 0 Å². The predicted molar refractivity (Wildman–Crippen MR) is 115 cm³/mol. The van der Waals surface area contributed by atoms with Gasteiger partial charge < -0.3 is 20.7 Å². The van der Waals surface area contributed by atoms with Crippen LogP contribution in [0.4, 0.5) is 28.8 Å². The molecule has 4 N–H and O–H groups in total. The standard InChI is InChI=1S/C21H19N7O2/c1-12(29)16-11-23-21(26-14-2-4-17-13(8-14)10-24-28-17)27-20(16)25-15-3-5-19-18(9-15)22-6-7-30-19/h2-5,8-11,22H,6-7H2,1H3,(H,24,28)(H2,23,25,26,27). The highest BCUT2D eigenvalue weighted by Crippen LogP contribution is 2.32. The number of hydrogen-bond acceptors (Lipinski definition) is 8. The number of anilines is 5. The van der Waals surface area contributed by atoms with E-state index in [-0.39, 0.29) is 5.78 Å². The number of benzene rings is 2. The van der Waals surface area contributed by atoms with Crippen LogP contribution in [0.25, 0.3) is 10.9 Å². The van der Waals surface area contributed by atoms with Gasteiger partial charge in [-0.15, -0.1) is 0 Å². The van der Waals surface area contributed by atoms with Crippen molar-refractivity contribution in [3.8, 4) is 5.75 Å². The van der Waals surface area contributed by atoms with Gasteiger partial charge in [0.2, 0.25) is 5.95 Å². The summed E-state index contributed by atoms with van der Waals surface area (Å²) in [5.74, 6) is 1.49. The molecule has 3 heterocycles. The third kappa shape index (κ3) is 3.48. The second kappa shape index (κ2) is 7.36. The molecule has 0 aliphatic carbocycles. The number of Topliss-reactive ketones (excluding diaryl/α,β-unsaturated/α-hetero) is 1. The highest BCUT2D eigenvalue weighted by molar-refractivity contribution is 5.99. The van der Waals surface area contributed by atoms with Crippen molar-refractivity contribution >= 4 is 45.5 Å². The number of carbonyl (C=O) groups excluding carboxylic acids is 1. The van der Waals surface area contributed by atoms with Gasteiger partial charge in [-0.25, -0.2) is 4.98 Å². The Labute approximate surface area is 171 Å². The Morgan fingerprint density at radius 1 is 1.10 bits per heavy atom. The lowest BCUT2D eigenvalue weighted by Gasteiger charge is -2.20. The molecule has 0 saturated heterocycles. The summed E-state index contributed by atoms with van der Waals surface area (Å²) in [6.07, 6.45) is 3.27. The third-order valence-corrected chi connectivity index (χ3v) is 4.78. The molecular weight excluding hydrogens is 382 g/mol. The predicted octanol–water partition coefficient (Wildman–Crippen LogP) is 3.85. The van der Waals surface area contributed by atoms with Crippen LogP contribution in [-0.2, 0) is 0 Å². The zero-order valence-corrected chi connectivity index (χ0v) is 16.2. The van der Waals surface area contributed by atoms with Gasteiger partial charge in [-0.3, -0.25) is 9.89 Å². The highest BCUT2D eigenvalue weighted by Gasteiger charge is 2.14. The molecule has 1 aliphatic rings. The first kappa shape index (κ1) is 17.9. The van der Waals surface area contributed by atoms with Gasteiger partial charge in [0.1, 0.15) is 18.2 Å². The number of fused-ring (bicyclic) bond motifs is 2. The van der Waals surface area contributed by atoms with E-state index in [0.29, 0.717) is 23.9 Å². The second-order valence-electron chi connectivity index (χ2n) is 6.92. The highest BCUT2D eigenvalue weighted by atomic mass is 16.5. The molecule has 150 valence electrons. The monoisotopic (exact) mass is 401 g/mol. The second-order valence-corrected chi connectivity index (χ2v) is 6.92. The molecule has 5 rings (SSSR count). The zero-order valence-electron chi connectivity index (χ0n) is 16.2. The van der Waals surface area contributed by atoms with Crippen LogP contribution < -0.4 is 20.7 Å². The fourth-order valence-corrected chi connectivity index (χ4v) is 3.30. The minimum atomic E-state index is -0.122. The third-order valence-electron chi connectivity index (χ3n) is 4.78. The number of carbonyl (C=O) groups is 1. The summed E-state index contributed by atoms with van der Waals surface area (Å²) in [5, 5.41) is 17.6. The fraction of sp³-hybridized carbons (Fsp3) is 0.143. The van der Waals surface area contributed by atoms with Gasteiger partial charge in [-0.05, 0) is 43.3 Å². The summed E-state index contributed by atoms with van der Waals surface area (Å²) < 4.78 is 5.61. The fourth-order valence-electron chi connectivity index (χ4n) is 3.30. The lowest BCUT2D eigenvalue weighted by atomic mass is 10.2. The maximum atomic E-state index is 12.1. The van der Waals surface area contributed by atoms with Crippen molar-refractivity contribution in [3.05, 3.63) is 54.4 Å². The number of hydrogen-bond donors (Lipinski definition) is 4. The Hall–Kier alpha value is -4.14. The molecule has 0 saturated carbocycles. The summed E-state index contributed by atoms with van der Waals surface area (Å²) in [5.41, 5.74) is 3.87. The van der Waals surface area contributed by atoms with Crippen molar-refractivity contribution in [2.24, 2.45) is 0 Å². The number of aromatic nitrogens is 4. The molecule has 2 aromatic heterocycles. The Kier molecular flexibility index (Phi) is 4.40. The summed E-state index contributed by atoms with van der Waals surface area (Å²) in [6.45, 7) is 2.88.